The maximum absolute atomic E-state index is 12.7. The van der Waals surface area contributed by atoms with E-state index in [-0.39, 0.29) is 28.1 Å². The van der Waals surface area contributed by atoms with Gasteiger partial charge >= 0.3 is 5.97 Å². The SMILES string of the molecule is CNc1ccc(OC(=O)c2coc3c2C(=O)c2ncccc2C3=O)cc1. The molecule has 0 spiro atoms. The van der Waals surface area contributed by atoms with Crippen molar-refractivity contribution in [2.24, 2.45) is 0 Å². The number of rotatable bonds is 3. The van der Waals surface area contributed by atoms with Crippen molar-refractivity contribution >= 4 is 23.2 Å². The zero-order chi connectivity index (χ0) is 18.3. The number of nitrogens with one attached hydrogen (secondary N) is 1. The molecule has 1 aromatic carbocycles. The Morgan fingerprint density at radius 2 is 1.88 bits per heavy atom. The van der Waals surface area contributed by atoms with Crippen LogP contribution < -0.4 is 10.1 Å². The number of ketones is 2. The van der Waals surface area contributed by atoms with E-state index >= 15 is 0 Å². The molecular weight excluding hydrogens is 336 g/mol. The molecule has 7 heteroatoms. The smallest absolute Gasteiger partial charge is 0.347 e. The van der Waals surface area contributed by atoms with Gasteiger partial charge in [0.05, 0.1) is 11.1 Å². The number of carbonyl (C=O) groups excluding carboxylic acids is 3. The summed E-state index contributed by atoms with van der Waals surface area (Å²) in [5.41, 5.74) is 0.792. The molecule has 0 saturated heterocycles. The minimum absolute atomic E-state index is 0.00109. The lowest BCUT2D eigenvalue weighted by Gasteiger charge is -2.12. The first-order chi connectivity index (χ1) is 12.6. The molecule has 0 fully saturated rings. The number of anilines is 1. The van der Waals surface area contributed by atoms with Crippen molar-refractivity contribution in [1.82, 2.24) is 4.98 Å². The van der Waals surface area contributed by atoms with E-state index < -0.39 is 17.5 Å². The average molecular weight is 348 g/mol. The van der Waals surface area contributed by atoms with Crippen LogP contribution in [0.2, 0.25) is 0 Å². The molecule has 0 amide bonds. The fourth-order valence-electron chi connectivity index (χ4n) is 2.76. The second-order valence-corrected chi connectivity index (χ2v) is 5.58. The standard InChI is InChI=1S/C19H12N2O5/c1-20-10-4-6-11(7-5-10)26-19(24)13-9-25-18-14(13)17(23)15-12(16(18)22)3-2-8-21-15/h2-9,20H,1H3. The van der Waals surface area contributed by atoms with Crippen LogP contribution in [0.25, 0.3) is 0 Å². The van der Waals surface area contributed by atoms with Crippen molar-refractivity contribution in [2.45, 2.75) is 0 Å². The van der Waals surface area contributed by atoms with E-state index in [4.69, 9.17) is 9.15 Å². The van der Waals surface area contributed by atoms with E-state index in [1.807, 2.05) is 0 Å². The highest BCUT2D eigenvalue weighted by Gasteiger charge is 2.38. The predicted octanol–water partition coefficient (Wildman–Crippen LogP) is 2.71. The summed E-state index contributed by atoms with van der Waals surface area (Å²) in [5.74, 6) is -1.68. The third kappa shape index (κ3) is 2.37. The fraction of sp³-hybridized carbons (Fsp3) is 0.0526. The molecule has 1 aliphatic rings. The molecule has 26 heavy (non-hydrogen) atoms. The van der Waals surface area contributed by atoms with Gasteiger partial charge in [0.1, 0.15) is 23.3 Å². The number of nitrogens with zero attached hydrogens (tertiary/aromatic N) is 1. The Labute approximate surface area is 147 Å². The van der Waals surface area contributed by atoms with E-state index in [0.717, 1.165) is 12.0 Å². The number of benzene rings is 1. The van der Waals surface area contributed by atoms with Crippen LogP contribution in [0.5, 0.6) is 5.75 Å². The van der Waals surface area contributed by atoms with Gasteiger partial charge in [-0.1, -0.05) is 0 Å². The van der Waals surface area contributed by atoms with Crippen molar-refractivity contribution < 1.29 is 23.5 Å². The number of aromatic nitrogens is 1. The number of hydrogen-bond donors (Lipinski definition) is 1. The van der Waals surface area contributed by atoms with Gasteiger partial charge in [-0.15, -0.1) is 0 Å². The molecule has 1 N–H and O–H groups in total. The summed E-state index contributed by atoms with van der Waals surface area (Å²) < 4.78 is 10.5. The van der Waals surface area contributed by atoms with Crippen molar-refractivity contribution in [2.75, 3.05) is 12.4 Å². The molecule has 0 saturated carbocycles. The number of esters is 1. The molecule has 0 radical (unpaired) electrons. The van der Waals surface area contributed by atoms with E-state index in [1.165, 1.54) is 12.3 Å². The number of pyridine rings is 1. The quantitative estimate of drug-likeness (QED) is 0.449. The minimum atomic E-state index is -0.785. The molecule has 0 bridgehead atoms. The zero-order valence-electron chi connectivity index (χ0n) is 13.6. The fourth-order valence-corrected chi connectivity index (χ4v) is 2.76. The first-order valence-electron chi connectivity index (χ1n) is 7.76. The molecule has 3 aromatic rings. The molecule has 2 heterocycles. The topological polar surface area (TPSA) is 98.5 Å². The molecule has 1 aliphatic carbocycles. The second kappa shape index (κ2) is 5.96. The van der Waals surface area contributed by atoms with Gasteiger partial charge < -0.3 is 14.5 Å². The predicted molar refractivity (Wildman–Crippen MR) is 90.8 cm³/mol. The van der Waals surface area contributed by atoms with Crippen LogP contribution in [0.3, 0.4) is 0 Å². The Bertz CT molecular complexity index is 1050. The lowest BCUT2D eigenvalue weighted by Crippen LogP contribution is -2.23. The Morgan fingerprint density at radius 3 is 2.62 bits per heavy atom. The van der Waals surface area contributed by atoms with Gasteiger partial charge in [-0.25, -0.2) is 4.79 Å². The Hall–Kier alpha value is -3.74. The maximum atomic E-state index is 12.7. The summed E-state index contributed by atoms with van der Waals surface area (Å²) in [4.78, 5) is 41.6. The van der Waals surface area contributed by atoms with Gasteiger partial charge in [-0.2, -0.15) is 0 Å². The van der Waals surface area contributed by atoms with Crippen LogP contribution in [0, 0.1) is 0 Å². The summed E-state index contributed by atoms with van der Waals surface area (Å²) in [7, 11) is 1.77. The van der Waals surface area contributed by atoms with Crippen LogP contribution in [-0.4, -0.2) is 29.6 Å². The Kier molecular flexibility index (Phi) is 3.62. The van der Waals surface area contributed by atoms with Crippen LogP contribution in [-0.2, 0) is 0 Å². The molecule has 0 aliphatic heterocycles. The van der Waals surface area contributed by atoms with E-state index in [1.54, 1.807) is 37.4 Å². The molecule has 4 rings (SSSR count). The monoisotopic (exact) mass is 348 g/mol. The third-order valence-electron chi connectivity index (χ3n) is 4.07. The lowest BCUT2D eigenvalue weighted by atomic mass is 9.90. The molecule has 0 unspecified atom stereocenters. The highest BCUT2D eigenvalue weighted by atomic mass is 16.5. The summed E-state index contributed by atoms with van der Waals surface area (Å²) in [6.45, 7) is 0. The van der Waals surface area contributed by atoms with Gasteiger partial charge in [0, 0.05) is 18.9 Å². The van der Waals surface area contributed by atoms with E-state index in [9.17, 15) is 14.4 Å². The largest absolute Gasteiger partial charge is 0.459 e. The van der Waals surface area contributed by atoms with Crippen LogP contribution in [0.4, 0.5) is 5.69 Å². The molecule has 0 atom stereocenters. The Morgan fingerprint density at radius 1 is 1.12 bits per heavy atom. The van der Waals surface area contributed by atoms with Crippen molar-refractivity contribution in [3.63, 3.8) is 0 Å². The highest BCUT2D eigenvalue weighted by molar-refractivity contribution is 6.29. The summed E-state index contributed by atoms with van der Waals surface area (Å²) in [6, 6.07) is 9.75. The van der Waals surface area contributed by atoms with Crippen LogP contribution in [0.15, 0.2) is 53.3 Å². The van der Waals surface area contributed by atoms with E-state index in [2.05, 4.69) is 10.3 Å². The zero-order valence-corrected chi connectivity index (χ0v) is 13.6. The van der Waals surface area contributed by atoms with Gasteiger partial charge in [-0.3, -0.25) is 14.6 Å². The lowest BCUT2D eigenvalue weighted by molar-refractivity contribution is 0.0730. The molecule has 2 aromatic heterocycles. The maximum Gasteiger partial charge on any atom is 0.347 e. The summed E-state index contributed by atoms with van der Waals surface area (Å²) >= 11 is 0. The summed E-state index contributed by atoms with van der Waals surface area (Å²) in [5, 5.41) is 2.95. The number of ether oxygens (including phenoxy) is 1. The normalized spacial score (nSPS) is 12.3. The number of furan rings is 1. The van der Waals surface area contributed by atoms with E-state index in [0.29, 0.717) is 5.75 Å². The molecular formula is C19H12N2O5. The first-order valence-corrected chi connectivity index (χ1v) is 7.76. The molecule has 7 nitrogen and oxygen atoms in total. The third-order valence-corrected chi connectivity index (χ3v) is 4.07. The number of carbonyl (C=O) groups is 3. The Balaban J connectivity index is 1.69. The van der Waals surface area contributed by atoms with Gasteiger partial charge in [0.2, 0.25) is 11.6 Å². The van der Waals surface area contributed by atoms with Gasteiger partial charge in [0.25, 0.3) is 0 Å². The second-order valence-electron chi connectivity index (χ2n) is 5.58. The summed E-state index contributed by atoms with van der Waals surface area (Å²) in [6.07, 6.45) is 2.48. The van der Waals surface area contributed by atoms with Crippen molar-refractivity contribution in [3.05, 3.63) is 77.0 Å². The van der Waals surface area contributed by atoms with Gasteiger partial charge in [0.15, 0.2) is 5.76 Å². The number of hydrogen-bond acceptors (Lipinski definition) is 7. The number of fused-ring (bicyclic) bond motifs is 2. The van der Waals surface area contributed by atoms with Crippen molar-refractivity contribution in [1.29, 1.82) is 0 Å². The minimum Gasteiger partial charge on any atom is -0.459 e. The van der Waals surface area contributed by atoms with Crippen LogP contribution in [0.1, 0.15) is 42.5 Å². The van der Waals surface area contributed by atoms with Gasteiger partial charge in [-0.05, 0) is 36.4 Å². The highest BCUT2D eigenvalue weighted by Crippen LogP contribution is 2.30. The van der Waals surface area contributed by atoms with Crippen molar-refractivity contribution in [3.8, 4) is 5.75 Å². The average Bonchev–Trinajstić information content (AvgIpc) is 3.12. The van der Waals surface area contributed by atoms with Crippen LogP contribution >= 0.6 is 0 Å². The first kappa shape index (κ1) is 15.8. The molecule has 128 valence electrons.